The van der Waals surface area contributed by atoms with Gasteiger partial charge in [-0.3, -0.25) is 0 Å². The van der Waals surface area contributed by atoms with Crippen LogP contribution in [-0.4, -0.2) is 24.1 Å². The van der Waals surface area contributed by atoms with Crippen LogP contribution in [-0.2, 0) is 4.79 Å². The van der Waals surface area contributed by atoms with Gasteiger partial charge in [0.25, 0.3) is 0 Å². The highest BCUT2D eigenvalue weighted by molar-refractivity contribution is 7.99. The van der Waals surface area contributed by atoms with Crippen molar-refractivity contribution in [3.63, 3.8) is 0 Å². The van der Waals surface area contributed by atoms with Crippen molar-refractivity contribution in [1.82, 2.24) is 0 Å². The van der Waals surface area contributed by atoms with Gasteiger partial charge in [-0.2, -0.15) is 0 Å². The molecular weight excluding hydrogens is 283 g/mol. The van der Waals surface area contributed by atoms with Crippen LogP contribution in [0.2, 0.25) is 0 Å². The Hall–Kier alpha value is -1.41. The number of carbonyl (C=O) groups is 1. The fourth-order valence-electron chi connectivity index (χ4n) is 1.74. The summed E-state index contributed by atoms with van der Waals surface area (Å²) in [5.74, 6) is -1.02. The van der Waals surface area contributed by atoms with E-state index in [0.29, 0.717) is 5.75 Å². The van der Waals surface area contributed by atoms with Crippen LogP contribution in [0.25, 0.3) is 0 Å². The second kappa shape index (κ2) is 5.30. The average Bonchev–Trinajstić information content (AvgIpc) is 2.77. The molecule has 0 bridgehead atoms. The molecule has 0 aromatic heterocycles. The van der Waals surface area contributed by atoms with Crippen molar-refractivity contribution in [2.75, 3.05) is 5.75 Å². The molecule has 1 saturated heterocycles. The molecule has 104 valence electrons. The van der Waals surface area contributed by atoms with Gasteiger partial charge in [0.1, 0.15) is 17.8 Å². The van der Waals surface area contributed by atoms with Crippen molar-refractivity contribution < 1.29 is 33.1 Å². The summed E-state index contributed by atoms with van der Waals surface area (Å²) in [7, 11) is 0. The third kappa shape index (κ3) is 3.77. The van der Waals surface area contributed by atoms with Crippen molar-refractivity contribution in [3.05, 3.63) is 29.8 Å². The van der Waals surface area contributed by atoms with Gasteiger partial charge >= 0.3 is 6.36 Å². The molecule has 1 aromatic rings. The van der Waals surface area contributed by atoms with Gasteiger partial charge in [-0.1, -0.05) is 11.8 Å². The minimum atomic E-state index is -4.71. The van der Waals surface area contributed by atoms with Gasteiger partial charge in [0.2, 0.25) is 0 Å². The van der Waals surface area contributed by atoms with E-state index in [2.05, 4.69) is 4.74 Å². The highest BCUT2D eigenvalue weighted by atomic mass is 32.2. The molecule has 19 heavy (non-hydrogen) atoms. The smallest absolute Gasteiger partial charge is 0.544 e. The van der Waals surface area contributed by atoms with Gasteiger partial charge in [-0.15, -0.1) is 13.2 Å². The molecule has 0 saturated carbocycles. The summed E-state index contributed by atoms with van der Waals surface area (Å²) >= 11 is 1.41. The number of carbonyl (C=O) groups excluding carboxylic acids is 1. The summed E-state index contributed by atoms with van der Waals surface area (Å²) in [6.07, 6.45) is -4.71. The van der Waals surface area contributed by atoms with Gasteiger partial charge in [-0.05, 0) is 24.3 Å². The van der Waals surface area contributed by atoms with Crippen molar-refractivity contribution in [2.45, 2.75) is 17.8 Å². The SMILES string of the molecule is O=C([O-])[C@H]1CS[C@H](c2ccc(OC(F)(F)F)cc2)[NH2+]1. The maximum Gasteiger partial charge on any atom is 0.573 e. The number of carboxylic acid groups (broad SMARTS) is 1. The number of quaternary nitrogens is 1. The Bertz CT molecular complexity index is 463. The summed E-state index contributed by atoms with van der Waals surface area (Å²) in [6, 6.07) is 4.79. The quantitative estimate of drug-likeness (QED) is 0.853. The molecular formula is C11H10F3NO3S. The lowest BCUT2D eigenvalue weighted by atomic mass is 10.2. The number of benzene rings is 1. The van der Waals surface area contributed by atoms with E-state index in [1.54, 1.807) is 5.32 Å². The van der Waals surface area contributed by atoms with Crippen molar-refractivity contribution >= 4 is 17.7 Å². The van der Waals surface area contributed by atoms with E-state index < -0.39 is 18.4 Å². The summed E-state index contributed by atoms with van der Waals surface area (Å²) in [6.45, 7) is 0. The number of nitrogens with two attached hydrogens (primary N) is 1. The molecule has 2 N–H and O–H groups in total. The van der Waals surface area contributed by atoms with Crippen molar-refractivity contribution in [2.24, 2.45) is 0 Å². The Labute approximate surface area is 110 Å². The molecule has 1 fully saturated rings. The van der Waals surface area contributed by atoms with E-state index in [1.165, 1.54) is 36.0 Å². The second-order valence-electron chi connectivity index (χ2n) is 3.99. The molecule has 1 heterocycles. The van der Waals surface area contributed by atoms with Crippen molar-refractivity contribution in [3.8, 4) is 5.75 Å². The van der Waals surface area contributed by atoms with Crippen LogP contribution in [0.4, 0.5) is 13.2 Å². The molecule has 2 rings (SSSR count). The number of aliphatic carboxylic acids is 1. The predicted octanol–water partition coefficient (Wildman–Crippen LogP) is 0.0125. The molecule has 1 aliphatic rings. The Morgan fingerprint density at radius 2 is 2.00 bits per heavy atom. The number of alkyl halides is 3. The van der Waals surface area contributed by atoms with Crippen LogP contribution in [0.1, 0.15) is 10.9 Å². The predicted molar refractivity (Wildman–Crippen MR) is 59.0 cm³/mol. The van der Waals surface area contributed by atoms with Crippen LogP contribution in [0, 0.1) is 0 Å². The maximum absolute atomic E-state index is 12.0. The molecule has 2 atom stereocenters. The van der Waals surface area contributed by atoms with Crippen LogP contribution in [0.3, 0.4) is 0 Å². The van der Waals surface area contributed by atoms with Crippen LogP contribution < -0.4 is 15.2 Å². The molecule has 0 spiro atoms. The van der Waals surface area contributed by atoms with Crippen LogP contribution in [0.15, 0.2) is 24.3 Å². The average molecular weight is 293 g/mol. The lowest BCUT2D eigenvalue weighted by Gasteiger charge is -2.12. The Kier molecular flexibility index (Phi) is 3.91. The Balaban J connectivity index is 2.01. The zero-order chi connectivity index (χ0) is 14.0. The second-order valence-corrected chi connectivity index (χ2v) is 5.16. The fraction of sp³-hybridized carbons (Fsp3) is 0.364. The molecule has 1 aromatic carbocycles. The first-order valence-corrected chi connectivity index (χ1v) is 6.43. The Morgan fingerprint density at radius 3 is 2.47 bits per heavy atom. The molecule has 0 radical (unpaired) electrons. The minimum Gasteiger partial charge on any atom is -0.544 e. The Morgan fingerprint density at radius 1 is 1.37 bits per heavy atom. The number of carboxylic acids is 1. The van der Waals surface area contributed by atoms with E-state index in [4.69, 9.17) is 0 Å². The number of thioether (sulfide) groups is 1. The maximum atomic E-state index is 12.0. The van der Waals surface area contributed by atoms with E-state index in [-0.39, 0.29) is 11.1 Å². The summed E-state index contributed by atoms with van der Waals surface area (Å²) in [4.78, 5) is 10.7. The highest BCUT2D eigenvalue weighted by Crippen LogP contribution is 2.29. The summed E-state index contributed by atoms with van der Waals surface area (Å²) in [5.41, 5.74) is 0.739. The lowest BCUT2D eigenvalue weighted by molar-refractivity contribution is -0.690. The summed E-state index contributed by atoms with van der Waals surface area (Å²) in [5, 5.41) is 12.2. The van der Waals surface area contributed by atoms with Crippen LogP contribution >= 0.6 is 11.8 Å². The first kappa shape index (κ1) is 14.0. The molecule has 0 amide bonds. The van der Waals surface area contributed by atoms with Gasteiger partial charge in [0.15, 0.2) is 5.37 Å². The molecule has 8 heteroatoms. The van der Waals surface area contributed by atoms with Gasteiger partial charge in [0.05, 0.1) is 5.75 Å². The molecule has 1 aliphatic heterocycles. The normalized spacial score (nSPS) is 23.3. The number of ether oxygens (including phenoxy) is 1. The topological polar surface area (TPSA) is 66.0 Å². The first-order chi connectivity index (χ1) is 8.85. The van der Waals surface area contributed by atoms with Crippen molar-refractivity contribution in [1.29, 1.82) is 0 Å². The number of halogens is 3. The third-order valence-electron chi connectivity index (χ3n) is 2.61. The first-order valence-electron chi connectivity index (χ1n) is 5.38. The number of hydrogen-bond acceptors (Lipinski definition) is 4. The number of rotatable bonds is 3. The summed E-state index contributed by atoms with van der Waals surface area (Å²) < 4.78 is 39.7. The third-order valence-corrected chi connectivity index (χ3v) is 3.95. The molecule has 0 unspecified atom stereocenters. The zero-order valence-corrected chi connectivity index (χ0v) is 10.3. The number of hydrogen-bond donors (Lipinski definition) is 1. The van der Waals surface area contributed by atoms with E-state index >= 15 is 0 Å². The largest absolute Gasteiger partial charge is 0.573 e. The van der Waals surface area contributed by atoms with Gasteiger partial charge in [0, 0.05) is 5.56 Å². The fourth-order valence-corrected chi connectivity index (χ4v) is 3.05. The standard InChI is InChI=1S/C11H10F3NO3S/c12-11(13,14)18-7-3-1-6(2-4-7)9-15-8(5-19-9)10(16)17/h1-4,8-9,15H,5H2,(H,16,17)/t8-,9-/m1/s1. The van der Waals surface area contributed by atoms with E-state index in [0.717, 1.165) is 5.56 Å². The zero-order valence-electron chi connectivity index (χ0n) is 9.52. The lowest BCUT2D eigenvalue weighted by Crippen LogP contribution is -2.90. The van der Waals surface area contributed by atoms with Gasteiger partial charge in [-0.25, -0.2) is 0 Å². The minimum absolute atomic E-state index is 0.150. The van der Waals surface area contributed by atoms with E-state index in [9.17, 15) is 23.1 Å². The van der Waals surface area contributed by atoms with E-state index in [1.807, 2.05) is 0 Å². The molecule has 0 aliphatic carbocycles. The highest BCUT2D eigenvalue weighted by Gasteiger charge is 2.32. The monoisotopic (exact) mass is 293 g/mol. The van der Waals surface area contributed by atoms with Crippen LogP contribution in [0.5, 0.6) is 5.75 Å². The van der Waals surface area contributed by atoms with Gasteiger partial charge < -0.3 is 20.0 Å². The molecule has 4 nitrogen and oxygen atoms in total.